The first-order valence-electron chi connectivity index (χ1n) is 8.20. The Kier molecular flexibility index (Phi) is 9.13. The number of sulfone groups is 1. The fourth-order valence-corrected chi connectivity index (χ4v) is 3.88. The molecule has 1 aliphatic heterocycles. The van der Waals surface area contributed by atoms with E-state index in [-0.39, 0.29) is 36.3 Å². The number of likely N-dealkylation sites (tertiary alicyclic amines) is 1. The van der Waals surface area contributed by atoms with E-state index in [1.54, 1.807) is 0 Å². The molecule has 0 bridgehead atoms. The lowest BCUT2D eigenvalue weighted by atomic mass is 9.82. The van der Waals surface area contributed by atoms with Crippen molar-refractivity contribution in [3.63, 3.8) is 0 Å². The molecular weight excluding hydrogens is 429 g/mol. The van der Waals surface area contributed by atoms with Gasteiger partial charge in [-0.15, -0.1) is 24.0 Å². The van der Waals surface area contributed by atoms with Crippen molar-refractivity contribution in [3.05, 3.63) is 0 Å². The van der Waals surface area contributed by atoms with Gasteiger partial charge in [0, 0.05) is 32.9 Å². The van der Waals surface area contributed by atoms with Gasteiger partial charge in [0.1, 0.15) is 9.84 Å². The molecule has 0 aromatic heterocycles. The molecule has 0 aromatic carbocycles. The van der Waals surface area contributed by atoms with E-state index < -0.39 is 9.84 Å². The maximum Gasteiger partial charge on any atom is 0.193 e. The molecule has 2 aliphatic rings. The van der Waals surface area contributed by atoms with E-state index in [1.165, 1.54) is 31.9 Å². The van der Waals surface area contributed by atoms with Crippen LogP contribution in [0.25, 0.3) is 0 Å². The normalized spacial score (nSPS) is 25.0. The summed E-state index contributed by atoms with van der Waals surface area (Å²) in [5.74, 6) is 2.69. The van der Waals surface area contributed by atoms with E-state index in [0.717, 1.165) is 30.9 Å². The summed E-state index contributed by atoms with van der Waals surface area (Å²) in [5, 5.41) is 3.32. The zero-order chi connectivity index (χ0) is 16.0. The number of halogens is 1. The van der Waals surface area contributed by atoms with Crippen LogP contribution < -0.4 is 5.32 Å². The molecule has 2 unspecified atom stereocenters. The van der Waals surface area contributed by atoms with E-state index >= 15 is 0 Å². The molecule has 1 saturated carbocycles. The molecule has 0 spiro atoms. The number of guanidine groups is 1. The van der Waals surface area contributed by atoms with Gasteiger partial charge in [-0.2, -0.15) is 0 Å². The molecule has 1 saturated heterocycles. The summed E-state index contributed by atoms with van der Waals surface area (Å²) in [6.07, 6.45) is 6.67. The van der Waals surface area contributed by atoms with Gasteiger partial charge in [0.25, 0.3) is 0 Å². The highest BCUT2D eigenvalue weighted by Gasteiger charge is 2.35. The predicted octanol–water partition coefficient (Wildman–Crippen LogP) is 1.36. The Hall–Kier alpha value is -0.0900. The molecule has 2 fully saturated rings. The van der Waals surface area contributed by atoms with Crippen LogP contribution in [-0.4, -0.2) is 71.2 Å². The highest BCUT2D eigenvalue weighted by molar-refractivity contribution is 14.0. The second-order valence-corrected chi connectivity index (χ2v) is 8.69. The third-order valence-electron chi connectivity index (χ3n) is 4.62. The number of fused-ring (bicyclic) bond motifs is 1. The number of hydrogen-bond acceptors (Lipinski definition) is 4. The third kappa shape index (κ3) is 7.13. The summed E-state index contributed by atoms with van der Waals surface area (Å²) in [7, 11) is -1.12. The molecule has 6 nitrogen and oxygen atoms in total. The van der Waals surface area contributed by atoms with E-state index in [4.69, 9.17) is 4.74 Å². The first kappa shape index (κ1) is 21.0. The summed E-state index contributed by atoms with van der Waals surface area (Å²) < 4.78 is 27.3. The van der Waals surface area contributed by atoms with Crippen LogP contribution in [0.1, 0.15) is 25.7 Å². The van der Waals surface area contributed by atoms with Crippen molar-refractivity contribution >= 4 is 39.8 Å². The van der Waals surface area contributed by atoms with Gasteiger partial charge in [0.2, 0.25) is 0 Å². The highest BCUT2D eigenvalue weighted by Crippen LogP contribution is 2.35. The van der Waals surface area contributed by atoms with Crippen LogP contribution in [0.5, 0.6) is 0 Å². The van der Waals surface area contributed by atoms with Crippen LogP contribution in [0, 0.1) is 11.8 Å². The Morgan fingerprint density at radius 1 is 1.22 bits per heavy atom. The van der Waals surface area contributed by atoms with Crippen molar-refractivity contribution in [2.75, 3.05) is 51.9 Å². The van der Waals surface area contributed by atoms with Crippen LogP contribution >= 0.6 is 24.0 Å². The van der Waals surface area contributed by atoms with Crippen molar-refractivity contribution in [1.29, 1.82) is 0 Å². The highest BCUT2D eigenvalue weighted by atomic mass is 127. The van der Waals surface area contributed by atoms with E-state index in [9.17, 15) is 8.42 Å². The SMILES string of the molecule is CN=C(NCCOCCS(C)(=O)=O)N1CC2CCCCC2C1.I. The summed E-state index contributed by atoms with van der Waals surface area (Å²) in [4.78, 5) is 6.72. The molecule has 0 amide bonds. The topological polar surface area (TPSA) is 71.0 Å². The molecule has 136 valence electrons. The molecule has 1 N–H and O–H groups in total. The lowest BCUT2D eigenvalue weighted by Gasteiger charge is -2.22. The number of rotatable bonds is 6. The van der Waals surface area contributed by atoms with Crippen LogP contribution in [0.4, 0.5) is 0 Å². The minimum absolute atomic E-state index is 0. The molecule has 0 aromatic rings. The Morgan fingerprint density at radius 3 is 2.35 bits per heavy atom. The lowest BCUT2D eigenvalue weighted by molar-refractivity contribution is 0.153. The van der Waals surface area contributed by atoms with Crippen LogP contribution in [0.2, 0.25) is 0 Å². The Morgan fingerprint density at radius 2 is 1.83 bits per heavy atom. The Bertz CT molecular complexity index is 470. The van der Waals surface area contributed by atoms with Gasteiger partial charge in [0.15, 0.2) is 5.96 Å². The number of hydrogen-bond donors (Lipinski definition) is 1. The molecule has 0 radical (unpaired) electrons. The minimum Gasteiger partial charge on any atom is -0.379 e. The molecule has 1 heterocycles. The van der Waals surface area contributed by atoms with E-state index in [0.29, 0.717) is 13.2 Å². The maximum absolute atomic E-state index is 11.0. The quantitative estimate of drug-likeness (QED) is 0.281. The zero-order valence-electron chi connectivity index (χ0n) is 14.2. The molecule has 23 heavy (non-hydrogen) atoms. The number of nitrogens with zero attached hydrogens (tertiary/aromatic N) is 2. The van der Waals surface area contributed by atoms with Gasteiger partial charge in [-0.1, -0.05) is 12.8 Å². The molecule has 2 rings (SSSR count). The molecule has 1 aliphatic carbocycles. The standard InChI is InChI=1S/C15H29N3O3S.HI/c1-16-15(17-7-8-21-9-10-22(2,19)20)18-11-13-5-3-4-6-14(13)12-18;/h13-14H,3-12H2,1-2H3,(H,16,17);1H. The van der Waals surface area contributed by atoms with Crippen molar-refractivity contribution in [3.8, 4) is 0 Å². The second kappa shape index (κ2) is 10.0. The number of aliphatic imine (C=N–C) groups is 1. The van der Waals surface area contributed by atoms with Crippen LogP contribution in [0.15, 0.2) is 4.99 Å². The van der Waals surface area contributed by atoms with E-state index in [1.807, 2.05) is 7.05 Å². The predicted molar refractivity (Wildman–Crippen MR) is 104 cm³/mol. The van der Waals surface area contributed by atoms with E-state index in [2.05, 4.69) is 15.2 Å². The molecule has 2 atom stereocenters. The fraction of sp³-hybridized carbons (Fsp3) is 0.933. The molecule has 8 heteroatoms. The maximum atomic E-state index is 11.0. The number of nitrogens with one attached hydrogen (secondary N) is 1. The minimum atomic E-state index is -2.93. The van der Waals surface area contributed by atoms with Crippen LogP contribution in [-0.2, 0) is 14.6 Å². The smallest absolute Gasteiger partial charge is 0.193 e. The van der Waals surface area contributed by atoms with Crippen molar-refractivity contribution in [2.24, 2.45) is 16.8 Å². The second-order valence-electron chi connectivity index (χ2n) is 6.43. The van der Waals surface area contributed by atoms with Crippen molar-refractivity contribution in [1.82, 2.24) is 10.2 Å². The van der Waals surface area contributed by atoms with Gasteiger partial charge in [-0.3, -0.25) is 4.99 Å². The van der Waals surface area contributed by atoms with Crippen LogP contribution in [0.3, 0.4) is 0 Å². The fourth-order valence-electron chi connectivity index (χ4n) is 3.46. The number of ether oxygens (including phenoxy) is 1. The van der Waals surface area contributed by atoms with Gasteiger partial charge in [-0.25, -0.2) is 8.42 Å². The van der Waals surface area contributed by atoms with Gasteiger partial charge < -0.3 is 15.0 Å². The van der Waals surface area contributed by atoms with Gasteiger partial charge in [-0.05, 0) is 24.7 Å². The average Bonchev–Trinajstić information content (AvgIpc) is 2.89. The van der Waals surface area contributed by atoms with Gasteiger partial charge in [0.05, 0.1) is 19.0 Å². The Labute approximate surface area is 157 Å². The summed E-state index contributed by atoms with van der Waals surface area (Å²) in [6, 6.07) is 0. The largest absolute Gasteiger partial charge is 0.379 e. The molecular formula is C15H30IN3O3S. The summed E-state index contributed by atoms with van der Waals surface area (Å²) >= 11 is 0. The first-order valence-corrected chi connectivity index (χ1v) is 10.3. The Balaban J connectivity index is 0.00000264. The summed E-state index contributed by atoms with van der Waals surface area (Å²) in [6.45, 7) is 3.63. The average molecular weight is 459 g/mol. The van der Waals surface area contributed by atoms with Crippen molar-refractivity contribution in [2.45, 2.75) is 25.7 Å². The first-order chi connectivity index (χ1) is 10.5. The lowest BCUT2D eigenvalue weighted by Crippen LogP contribution is -2.41. The van der Waals surface area contributed by atoms with Crippen molar-refractivity contribution < 1.29 is 13.2 Å². The zero-order valence-corrected chi connectivity index (χ0v) is 17.3. The summed E-state index contributed by atoms with van der Waals surface area (Å²) in [5.41, 5.74) is 0. The van der Waals surface area contributed by atoms with Gasteiger partial charge >= 0.3 is 0 Å². The monoisotopic (exact) mass is 459 g/mol. The third-order valence-corrected chi connectivity index (χ3v) is 5.52.